The largest absolute Gasteiger partial charge is 0.489 e. The number of nitrogens with one attached hydrogen (secondary N) is 1. The molecule has 1 aromatic carbocycles. The van der Waals surface area contributed by atoms with Gasteiger partial charge in [0.15, 0.2) is 0 Å². The second-order valence-electron chi connectivity index (χ2n) is 5.68. The summed E-state index contributed by atoms with van der Waals surface area (Å²) < 4.78 is 6.06. The number of hydrogen-bond donors (Lipinski definition) is 2. The van der Waals surface area contributed by atoms with Gasteiger partial charge in [0.05, 0.1) is 11.1 Å². The number of fused-ring (bicyclic) bond motifs is 1. The molecule has 1 aromatic heterocycles. The zero-order valence-electron chi connectivity index (χ0n) is 11.8. The van der Waals surface area contributed by atoms with Crippen molar-refractivity contribution < 1.29 is 4.74 Å². The van der Waals surface area contributed by atoms with Gasteiger partial charge in [0, 0.05) is 17.6 Å². The standard InChI is InChI=1S/C16H19ClN2O2/c17-14-9-13-10(6-7-19-16(13)20)8-15(14)21-12-3-1-2-11(18)4-5-12/h6-9,11-12H,1-5,18H2,(H,19,20). The van der Waals surface area contributed by atoms with Crippen LogP contribution in [0.5, 0.6) is 5.75 Å². The van der Waals surface area contributed by atoms with Crippen LogP contribution in [-0.4, -0.2) is 17.1 Å². The van der Waals surface area contributed by atoms with E-state index in [0.717, 1.165) is 37.5 Å². The molecule has 5 heteroatoms. The summed E-state index contributed by atoms with van der Waals surface area (Å²) in [6, 6.07) is 5.65. The molecule has 4 nitrogen and oxygen atoms in total. The van der Waals surface area contributed by atoms with E-state index in [1.54, 1.807) is 12.3 Å². The first-order valence-corrected chi connectivity index (χ1v) is 7.74. The van der Waals surface area contributed by atoms with Crippen molar-refractivity contribution in [3.8, 4) is 5.75 Å². The van der Waals surface area contributed by atoms with Crippen LogP contribution in [-0.2, 0) is 0 Å². The Labute approximate surface area is 128 Å². The Morgan fingerprint density at radius 2 is 2.10 bits per heavy atom. The molecule has 2 unspecified atom stereocenters. The van der Waals surface area contributed by atoms with Crippen molar-refractivity contribution in [1.82, 2.24) is 4.98 Å². The SMILES string of the molecule is NC1CCCC(Oc2cc3cc[nH]c(=O)c3cc2Cl)CC1. The molecule has 0 radical (unpaired) electrons. The average molecular weight is 307 g/mol. The average Bonchev–Trinajstić information content (AvgIpc) is 2.66. The summed E-state index contributed by atoms with van der Waals surface area (Å²) in [6.07, 6.45) is 6.85. The van der Waals surface area contributed by atoms with Crippen molar-refractivity contribution >= 4 is 22.4 Å². The van der Waals surface area contributed by atoms with Gasteiger partial charge in [0.25, 0.3) is 5.56 Å². The third-order valence-electron chi connectivity index (χ3n) is 4.08. The molecule has 1 heterocycles. The van der Waals surface area contributed by atoms with E-state index in [1.807, 2.05) is 12.1 Å². The van der Waals surface area contributed by atoms with E-state index >= 15 is 0 Å². The number of pyridine rings is 1. The fourth-order valence-corrected chi connectivity index (χ4v) is 3.08. The maximum absolute atomic E-state index is 11.7. The third-order valence-corrected chi connectivity index (χ3v) is 4.38. The van der Waals surface area contributed by atoms with Crippen molar-refractivity contribution in [2.75, 3.05) is 0 Å². The molecule has 1 aliphatic rings. The smallest absolute Gasteiger partial charge is 0.255 e. The first-order chi connectivity index (χ1) is 10.1. The summed E-state index contributed by atoms with van der Waals surface area (Å²) in [5, 5.41) is 1.90. The van der Waals surface area contributed by atoms with E-state index in [9.17, 15) is 4.79 Å². The van der Waals surface area contributed by atoms with Gasteiger partial charge in [0.1, 0.15) is 5.75 Å². The predicted molar refractivity (Wildman–Crippen MR) is 85.1 cm³/mol. The number of nitrogens with two attached hydrogens (primary N) is 1. The van der Waals surface area contributed by atoms with Gasteiger partial charge in [-0.3, -0.25) is 4.79 Å². The van der Waals surface area contributed by atoms with E-state index < -0.39 is 0 Å². The number of hydrogen-bond acceptors (Lipinski definition) is 3. The van der Waals surface area contributed by atoms with Gasteiger partial charge in [-0.15, -0.1) is 0 Å². The molecule has 3 N–H and O–H groups in total. The first kappa shape index (κ1) is 14.4. The molecule has 3 rings (SSSR count). The van der Waals surface area contributed by atoms with Gasteiger partial charge >= 0.3 is 0 Å². The molecule has 2 aromatic rings. The molecular weight excluding hydrogens is 288 g/mol. The van der Waals surface area contributed by atoms with Crippen LogP contribution in [0.1, 0.15) is 32.1 Å². The third kappa shape index (κ3) is 3.22. The highest BCUT2D eigenvalue weighted by Crippen LogP contribution is 2.31. The lowest BCUT2D eigenvalue weighted by molar-refractivity contribution is 0.183. The van der Waals surface area contributed by atoms with Crippen molar-refractivity contribution in [2.24, 2.45) is 5.73 Å². The van der Waals surface area contributed by atoms with E-state index in [4.69, 9.17) is 22.1 Å². The molecule has 0 spiro atoms. The lowest BCUT2D eigenvalue weighted by Gasteiger charge is -2.18. The summed E-state index contributed by atoms with van der Waals surface area (Å²) >= 11 is 6.26. The van der Waals surface area contributed by atoms with Gasteiger partial charge in [-0.2, -0.15) is 0 Å². The minimum absolute atomic E-state index is 0.138. The van der Waals surface area contributed by atoms with E-state index in [-0.39, 0.29) is 17.7 Å². The van der Waals surface area contributed by atoms with Gasteiger partial charge in [-0.1, -0.05) is 11.6 Å². The van der Waals surface area contributed by atoms with E-state index in [1.165, 1.54) is 0 Å². The lowest BCUT2D eigenvalue weighted by Crippen LogP contribution is -2.20. The Balaban J connectivity index is 1.86. The van der Waals surface area contributed by atoms with Crippen molar-refractivity contribution in [3.63, 3.8) is 0 Å². The van der Waals surface area contributed by atoms with Crippen LogP contribution in [0, 0.1) is 0 Å². The Morgan fingerprint density at radius 3 is 2.95 bits per heavy atom. The molecular formula is C16H19ClN2O2. The minimum Gasteiger partial charge on any atom is -0.489 e. The van der Waals surface area contributed by atoms with Crippen LogP contribution in [0.4, 0.5) is 0 Å². The number of rotatable bonds is 2. The van der Waals surface area contributed by atoms with Gasteiger partial charge in [-0.25, -0.2) is 0 Å². The molecule has 0 amide bonds. The summed E-state index contributed by atoms with van der Waals surface area (Å²) in [5.74, 6) is 0.648. The number of benzene rings is 1. The number of H-pyrrole nitrogens is 1. The van der Waals surface area contributed by atoms with Crippen LogP contribution in [0.25, 0.3) is 10.8 Å². The molecule has 21 heavy (non-hydrogen) atoms. The van der Waals surface area contributed by atoms with Crippen molar-refractivity contribution in [2.45, 2.75) is 44.2 Å². The van der Waals surface area contributed by atoms with Crippen LogP contribution in [0.2, 0.25) is 5.02 Å². The predicted octanol–water partition coefficient (Wildman–Crippen LogP) is 3.22. The second-order valence-corrected chi connectivity index (χ2v) is 6.09. The van der Waals surface area contributed by atoms with E-state index in [0.29, 0.717) is 16.2 Å². The van der Waals surface area contributed by atoms with Gasteiger partial charge in [-0.05, 0) is 55.7 Å². The minimum atomic E-state index is -0.138. The number of aromatic amines is 1. The Morgan fingerprint density at radius 1 is 1.24 bits per heavy atom. The normalized spacial score (nSPS) is 23.0. The Hall–Kier alpha value is -1.52. The fourth-order valence-electron chi connectivity index (χ4n) is 2.87. The van der Waals surface area contributed by atoms with Crippen LogP contribution in [0.15, 0.2) is 29.2 Å². The van der Waals surface area contributed by atoms with Crippen LogP contribution < -0.4 is 16.0 Å². The molecule has 1 fully saturated rings. The highest BCUT2D eigenvalue weighted by Gasteiger charge is 2.19. The summed E-state index contributed by atoms with van der Waals surface area (Å²) in [7, 11) is 0. The molecule has 1 aliphatic carbocycles. The molecule has 0 bridgehead atoms. The van der Waals surface area contributed by atoms with Crippen molar-refractivity contribution in [3.05, 3.63) is 39.8 Å². The summed E-state index contributed by atoms with van der Waals surface area (Å²) in [5.41, 5.74) is 5.85. The number of aromatic nitrogens is 1. The van der Waals surface area contributed by atoms with E-state index in [2.05, 4.69) is 4.98 Å². The Kier molecular flexibility index (Phi) is 4.17. The number of ether oxygens (including phenoxy) is 1. The highest BCUT2D eigenvalue weighted by molar-refractivity contribution is 6.32. The fraction of sp³-hybridized carbons (Fsp3) is 0.438. The summed E-state index contributed by atoms with van der Waals surface area (Å²) in [4.78, 5) is 14.4. The van der Waals surface area contributed by atoms with Gasteiger partial charge in [0.2, 0.25) is 0 Å². The zero-order valence-corrected chi connectivity index (χ0v) is 12.5. The topological polar surface area (TPSA) is 68.1 Å². The maximum atomic E-state index is 11.7. The number of halogens is 1. The quantitative estimate of drug-likeness (QED) is 0.837. The first-order valence-electron chi connectivity index (χ1n) is 7.36. The monoisotopic (exact) mass is 306 g/mol. The molecule has 1 saturated carbocycles. The second kappa shape index (κ2) is 6.08. The molecule has 2 atom stereocenters. The summed E-state index contributed by atoms with van der Waals surface area (Å²) in [6.45, 7) is 0. The molecule has 0 aliphatic heterocycles. The lowest BCUT2D eigenvalue weighted by atomic mass is 10.1. The zero-order chi connectivity index (χ0) is 14.8. The molecule has 0 saturated heterocycles. The van der Waals surface area contributed by atoms with Crippen LogP contribution >= 0.6 is 11.6 Å². The molecule has 112 valence electrons. The Bertz CT molecular complexity index is 698. The van der Waals surface area contributed by atoms with Crippen molar-refractivity contribution in [1.29, 1.82) is 0 Å². The highest BCUT2D eigenvalue weighted by atomic mass is 35.5. The van der Waals surface area contributed by atoms with Gasteiger partial charge < -0.3 is 15.5 Å². The van der Waals surface area contributed by atoms with Crippen LogP contribution in [0.3, 0.4) is 0 Å². The maximum Gasteiger partial charge on any atom is 0.255 e.